The second-order valence-electron chi connectivity index (χ2n) is 5.67. The maximum absolute atomic E-state index is 12.2. The van der Waals surface area contributed by atoms with E-state index >= 15 is 0 Å². The fourth-order valence-corrected chi connectivity index (χ4v) is 3.54. The molecule has 1 amide bonds. The molecule has 0 atom stereocenters. The van der Waals surface area contributed by atoms with Gasteiger partial charge < -0.3 is 5.32 Å². The third-order valence-electron chi connectivity index (χ3n) is 3.76. The third-order valence-corrected chi connectivity index (χ3v) is 5.37. The van der Waals surface area contributed by atoms with Gasteiger partial charge >= 0.3 is 0 Å². The summed E-state index contributed by atoms with van der Waals surface area (Å²) in [5, 5.41) is 4.47. The van der Waals surface area contributed by atoms with E-state index in [9.17, 15) is 17.8 Å². The Hall–Kier alpha value is -2.38. The van der Waals surface area contributed by atoms with Gasteiger partial charge in [0.25, 0.3) is 10.1 Å². The predicted molar refractivity (Wildman–Crippen MR) is 108 cm³/mol. The highest BCUT2D eigenvalue weighted by atomic mass is 35.5. The molecule has 0 aliphatic carbocycles. The molecule has 0 unspecified atom stereocenters. The van der Waals surface area contributed by atoms with E-state index in [1.807, 2.05) is 42.5 Å². The number of carbonyl (C=O) groups excluding carboxylic acids is 1. The van der Waals surface area contributed by atoms with Crippen molar-refractivity contribution in [2.24, 2.45) is 0 Å². The fourth-order valence-electron chi connectivity index (χ4n) is 2.50. The summed E-state index contributed by atoms with van der Waals surface area (Å²) >= 11 is 11.7. The summed E-state index contributed by atoms with van der Waals surface area (Å²) in [7, 11) is -4.59. The van der Waals surface area contributed by atoms with E-state index in [1.165, 1.54) is 6.08 Å². The zero-order valence-corrected chi connectivity index (χ0v) is 16.0. The zero-order valence-electron chi connectivity index (χ0n) is 13.7. The van der Waals surface area contributed by atoms with Crippen LogP contribution in [0.25, 0.3) is 16.8 Å². The molecule has 0 aliphatic heterocycles. The molecule has 0 aliphatic rings. The highest BCUT2D eigenvalue weighted by molar-refractivity contribution is 7.86. The molecule has 0 saturated heterocycles. The van der Waals surface area contributed by atoms with Gasteiger partial charge in [-0.25, -0.2) is 0 Å². The zero-order chi connectivity index (χ0) is 19.6. The van der Waals surface area contributed by atoms with E-state index in [4.69, 9.17) is 23.2 Å². The molecule has 2 N–H and O–H groups in total. The van der Waals surface area contributed by atoms with E-state index in [0.29, 0.717) is 0 Å². The number of rotatable bonds is 4. The van der Waals surface area contributed by atoms with Crippen LogP contribution >= 0.6 is 23.2 Å². The average Bonchev–Trinajstić information content (AvgIpc) is 2.61. The minimum absolute atomic E-state index is 0.0397. The molecule has 0 aromatic heterocycles. The van der Waals surface area contributed by atoms with Crippen LogP contribution in [0.5, 0.6) is 0 Å². The van der Waals surface area contributed by atoms with E-state index in [0.717, 1.165) is 28.5 Å². The molecule has 3 aromatic carbocycles. The van der Waals surface area contributed by atoms with E-state index in [2.05, 4.69) is 5.32 Å². The number of halogens is 2. The number of amides is 1. The first-order valence-corrected chi connectivity index (χ1v) is 9.88. The minimum atomic E-state index is -4.59. The molecular formula is C19H13Cl2NO4S. The lowest BCUT2D eigenvalue weighted by atomic mass is 10.1. The van der Waals surface area contributed by atoms with Gasteiger partial charge in [-0.1, -0.05) is 59.6 Å². The van der Waals surface area contributed by atoms with Crippen molar-refractivity contribution >= 4 is 61.8 Å². The van der Waals surface area contributed by atoms with Gasteiger partial charge in [0, 0.05) is 6.08 Å². The molecule has 0 fully saturated rings. The lowest BCUT2D eigenvalue weighted by Crippen LogP contribution is -2.12. The van der Waals surface area contributed by atoms with Crippen LogP contribution in [-0.4, -0.2) is 18.9 Å². The van der Waals surface area contributed by atoms with Gasteiger partial charge in [-0.15, -0.1) is 0 Å². The molecule has 0 spiro atoms. The highest BCUT2D eigenvalue weighted by Gasteiger charge is 2.19. The summed E-state index contributed by atoms with van der Waals surface area (Å²) in [6.07, 6.45) is 2.84. The first kappa shape index (κ1) is 19.4. The Morgan fingerprint density at radius 1 is 0.963 bits per heavy atom. The lowest BCUT2D eigenvalue weighted by Gasteiger charge is -2.09. The van der Waals surface area contributed by atoms with Gasteiger partial charge in [0.2, 0.25) is 5.91 Å². The van der Waals surface area contributed by atoms with E-state index in [-0.39, 0.29) is 15.7 Å². The smallest absolute Gasteiger partial charge is 0.296 e. The van der Waals surface area contributed by atoms with Gasteiger partial charge in [-0.3, -0.25) is 9.35 Å². The number of nitrogens with one attached hydrogen (secondary N) is 1. The van der Waals surface area contributed by atoms with Crippen LogP contribution in [0.3, 0.4) is 0 Å². The van der Waals surface area contributed by atoms with Crippen LogP contribution in [0.2, 0.25) is 10.0 Å². The van der Waals surface area contributed by atoms with Crippen molar-refractivity contribution in [3.63, 3.8) is 0 Å². The highest BCUT2D eigenvalue weighted by Crippen LogP contribution is 2.32. The van der Waals surface area contributed by atoms with Crippen LogP contribution in [-0.2, 0) is 14.9 Å². The average molecular weight is 422 g/mol. The lowest BCUT2D eigenvalue weighted by molar-refractivity contribution is -0.111. The van der Waals surface area contributed by atoms with Crippen LogP contribution in [0.1, 0.15) is 5.56 Å². The molecule has 3 rings (SSSR count). The Labute approximate surface area is 166 Å². The summed E-state index contributed by atoms with van der Waals surface area (Å²) in [6.45, 7) is 0. The van der Waals surface area contributed by atoms with Gasteiger partial charge in [-0.05, 0) is 40.6 Å². The molecule has 5 nitrogen and oxygen atoms in total. The largest absolute Gasteiger partial charge is 0.321 e. The fraction of sp³-hybridized carbons (Fsp3) is 0. The van der Waals surface area contributed by atoms with Gasteiger partial charge in [0.05, 0.1) is 15.7 Å². The Morgan fingerprint density at radius 2 is 1.63 bits per heavy atom. The SMILES string of the molecule is O=C(C=Cc1ccc2ccccc2c1)Nc1cc(Cl)c(Cl)cc1S(=O)(=O)O. The van der Waals surface area contributed by atoms with Gasteiger partial charge in [-0.2, -0.15) is 8.42 Å². The molecule has 0 heterocycles. The Kier molecular flexibility index (Phi) is 5.53. The molecule has 8 heteroatoms. The molecule has 0 radical (unpaired) electrons. The number of benzene rings is 3. The first-order valence-electron chi connectivity index (χ1n) is 7.68. The summed E-state index contributed by atoms with van der Waals surface area (Å²) in [5.74, 6) is -0.591. The number of fused-ring (bicyclic) bond motifs is 1. The summed E-state index contributed by atoms with van der Waals surface area (Å²) in [5.41, 5.74) is 0.632. The van der Waals surface area contributed by atoms with Crippen molar-refractivity contribution in [3.05, 3.63) is 76.3 Å². The third kappa shape index (κ3) is 4.67. The Bertz CT molecular complexity index is 1170. The normalized spacial score (nSPS) is 11.8. The summed E-state index contributed by atoms with van der Waals surface area (Å²) < 4.78 is 32.3. The van der Waals surface area contributed by atoms with E-state index < -0.39 is 20.9 Å². The van der Waals surface area contributed by atoms with Crippen LogP contribution in [0, 0.1) is 0 Å². The molecule has 27 heavy (non-hydrogen) atoms. The topological polar surface area (TPSA) is 83.5 Å². The second-order valence-corrected chi connectivity index (χ2v) is 7.87. The number of hydrogen-bond donors (Lipinski definition) is 2. The molecule has 138 valence electrons. The molecule has 3 aromatic rings. The van der Waals surface area contributed by atoms with Crippen LogP contribution in [0.4, 0.5) is 5.69 Å². The second kappa shape index (κ2) is 7.70. The molecule has 0 bridgehead atoms. The molecular weight excluding hydrogens is 409 g/mol. The number of anilines is 1. The van der Waals surface area contributed by atoms with Crippen molar-refractivity contribution in [1.29, 1.82) is 0 Å². The Balaban J connectivity index is 1.85. The van der Waals surface area contributed by atoms with Crippen molar-refractivity contribution < 1.29 is 17.8 Å². The van der Waals surface area contributed by atoms with Gasteiger partial charge in [0.15, 0.2) is 0 Å². The number of hydrogen-bond acceptors (Lipinski definition) is 3. The van der Waals surface area contributed by atoms with Crippen molar-refractivity contribution in [2.75, 3.05) is 5.32 Å². The van der Waals surface area contributed by atoms with E-state index in [1.54, 1.807) is 6.08 Å². The van der Waals surface area contributed by atoms with Crippen LogP contribution in [0.15, 0.2) is 65.6 Å². The minimum Gasteiger partial charge on any atom is -0.321 e. The van der Waals surface area contributed by atoms with Crippen molar-refractivity contribution in [2.45, 2.75) is 4.90 Å². The Morgan fingerprint density at radius 3 is 2.33 bits per heavy atom. The first-order chi connectivity index (χ1) is 12.7. The van der Waals surface area contributed by atoms with Gasteiger partial charge in [0.1, 0.15) is 4.90 Å². The maximum atomic E-state index is 12.2. The van der Waals surface area contributed by atoms with Crippen molar-refractivity contribution in [1.82, 2.24) is 0 Å². The standard InChI is InChI=1S/C19H13Cl2NO4S/c20-15-10-17(18(11-16(15)21)27(24,25)26)22-19(23)8-6-12-5-7-13-3-1-2-4-14(13)9-12/h1-11H,(H,22,23)(H,24,25,26). The van der Waals surface area contributed by atoms with Crippen LogP contribution < -0.4 is 5.32 Å². The predicted octanol–water partition coefficient (Wildman–Crippen LogP) is 5.05. The quantitative estimate of drug-likeness (QED) is 0.456. The summed E-state index contributed by atoms with van der Waals surface area (Å²) in [4.78, 5) is 11.6. The monoisotopic (exact) mass is 421 g/mol. The maximum Gasteiger partial charge on any atom is 0.296 e. The summed E-state index contributed by atoms with van der Waals surface area (Å²) in [6, 6.07) is 15.6. The van der Waals surface area contributed by atoms with Crippen molar-refractivity contribution in [3.8, 4) is 0 Å². The molecule has 0 saturated carbocycles. The number of carbonyl (C=O) groups is 1.